The van der Waals surface area contributed by atoms with Gasteiger partial charge in [-0.15, -0.1) is 0 Å². The highest BCUT2D eigenvalue weighted by atomic mass is 16.5. The number of carbonyl (C=O) groups is 1. The zero-order chi connectivity index (χ0) is 14.9. The van der Waals surface area contributed by atoms with Crippen molar-refractivity contribution in [1.29, 1.82) is 0 Å². The number of anilines is 1. The predicted octanol–water partition coefficient (Wildman–Crippen LogP) is 2.16. The first-order valence-electron chi connectivity index (χ1n) is 7.52. The Bertz CT molecular complexity index is 523. The monoisotopic (exact) mass is 291 g/mol. The van der Waals surface area contributed by atoms with Crippen LogP contribution in [0.25, 0.3) is 0 Å². The molecular weight excluding hydrogens is 270 g/mol. The number of carbonyl (C=O) groups excluding carboxylic acids is 1. The minimum Gasteiger partial charge on any atom is -0.474 e. The van der Waals surface area contributed by atoms with E-state index in [1.165, 1.54) is 0 Å². The van der Waals surface area contributed by atoms with Gasteiger partial charge in [-0.25, -0.2) is 0 Å². The van der Waals surface area contributed by atoms with Gasteiger partial charge in [-0.1, -0.05) is 0 Å². The number of aromatic nitrogens is 2. The molecule has 2 fully saturated rings. The molecule has 1 aromatic heterocycles. The van der Waals surface area contributed by atoms with E-state index < -0.39 is 0 Å². The van der Waals surface area contributed by atoms with Gasteiger partial charge in [0.05, 0.1) is 30.0 Å². The topological polar surface area (TPSA) is 73.3 Å². The van der Waals surface area contributed by atoms with Crippen LogP contribution in [0.5, 0.6) is 5.88 Å². The summed E-state index contributed by atoms with van der Waals surface area (Å²) < 4.78 is 11.2. The number of hydrogen-bond donors (Lipinski definition) is 1. The molecule has 2 atom stereocenters. The summed E-state index contributed by atoms with van der Waals surface area (Å²) in [5, 5.41) is 2.89. The molecule has 114 valence electrons. The molecule has 21 heavy (non-hydrogen) atoms. The third-order valence-corrected chi connectivity index (χ3v) is 4.24. The second-order valence-corrected chi connectivity index (χ2v) is 6.02. The number of nitrogens with one attached hydrogen (secondary N) is 1. The maximum absolute atomic E-state index is 12.7. The Morgan fingerprint density at radius 1 is 1.48 bits per heavy atom. The van der Waals surface area contributed by atoms with E-state index >= 15 is 0 Å². The first kappa shape index (κ1) is 14.3. The van der Waals surface area contributed by atoms with E-state index in [4.69, 9.17) is 9.47 Å². The highest BCUT2D eigenvalue weighted by Gasteiger charge is 2.52. The highest BCUT2D eigenvalue weighted by molar-refractivity contribution is 5.95. The molecule has 0 aromatic carbocycles. The number of fused-ring (bicyclic) bond motifs is 1. The van der Waals surface area contributed by atoms with Crippen molar-refractivity contribution in [2.24, 2.45) is 5.41 Å². The van der Waals surface area contributed by atoms with Gasteiger partial charge in [0.2, 0.25) is 11.8 Å². The van der Waals surface area contributed by atoms with Crippen LogP contribution in [0, 0.1) is 5.41 Å². The molecule has 0 spiro atoms. The Kier molecular flexibility index (Phi) is 3.80. The molecular formula is C15H21N3O3. The van der Waals surface area contributed by atoms with Gasteiger partial charge < -0.3 is 14.8 Å². The summed E-state index contributed by atoms with van der Waals surface area (Å²) in [6, 6.07) is 0. The van der Waals surface area contributed by atoms with Crippen LogP contribution in [0.1, 0.15) is 39.5 Å². The zero-order valence-electron chi connectivity index (χ0n) is 12.5. The minimum absolute atomic E-state index is 0.00139. The van der Waals surface area contributed by atoms with Crippen LogP contribution in [0.4, 0.5) is 5.82 Å². The summed E-state index contributed by atoms with van der Waals surface area (Å²) in [5.41, 5.74) is -0.378. The van der Waals surface area contributed by atoms with Gasteiger partial charge in [0.15, 0.2) is 5.82 Å². The Labute approximate surface area is 124 Å². The number of amides is 1. The van der Waals surface area contributed by atoms with Crippen molar-refractivity contribution < 1.29 is 14.3 Å². The van der Waals surface area contributed by atoms with Gasteiger partial charge in [-0.2, -0.15) is 4.98 Å². The van der Waals surface area contributed by atoms with E-state index in [0.717, 1.165) is 25.7 Å². The number of rotatable bonds is 4. The second-order valence-electron chi connectivity index (χ2n) is 6.02. The van der Waals surface area contributed by atoms with Gasteiger partial charge >= 0.3 is 0 Å². The van der Waals surface area contributed by atoms with Crippen LogP contribution in [0.2, 0.25) is 0 Å². The summed E-state index contributed by atoms with van der Waals surface area (Å²) in [6.07, 6.45) is 6.85. The van der Waals surface area contributed by atoms with Gasteiger partial charge in [-0.05, 0) is 39.5 Å². The van der Waals surface area contributed by atoms with E-state index in [9.17, 15) is 4.79 Å². The number of hydrogen-bond acceptors (Lipinski definition) is 5. The Hall–Kier alpha value is -1.69. The van der Waals surface area contributed by atoms with E-state index in [-0.39, 0.29) is 23.5 Å². The van der Waals surface area contributed by atoms with Gasteiger partial charge in [0.1, 0.15) is 0 Å². The minimum atomic E-state index is -0.378. The van der Waals surface area contributed by atoms with E-state index in [1.807, 2.05) is 13.8 Å². The van der Waals surface area contributed by atoms with Crippen LogP contribution in [-0.4, -0.2) is 34.7 Å². The number of ether oxygens (including phenoxy) is 2. The summed E-state index contributed by atoms with van der Waals surface area (Å²) in [7, 11) is 0. The molecule has 6 heteroatoms. The van der Waals surface area contributed by atoms with Crippen molar-refractivity contribution in [3.63, 3.8) is 0 Å². The summed E-state index contributed by atoms with van der Waals surface area (Å²) in [5.74, 6) is 0.856. The third-order valence-electron chi connectivity index (χ3n) is 4.24. The van der Waals surface area contributed by atoms with Crippen LogP contribution in [-0.2, 0) is 9.53 Å². The molecule has 1 aliphatic carbocycles. The Morgan fingerprint density at radius 3 is 3.14 bits per heavy atom. The fourth-order valence-electron chi connectivity index (χ4n) is 3.27. The zero-order valence-corrected chi connectivity index (χ0v) is 12.5. The lowest BCUT2D eigenvalue weighted by molar-refractivity contribution is -0.127. The van der Waals surface area contributed by atoms with Gasteiger partial charge in [0, 0.05) is 6.61 Å². The Balaban J connectivity index is 1.73. The lowest BCUT2D eigenvalue weighted by Crippen LogP contribution is -2.39. The molecule has 1 saturated carbocycles. The summed E-state index contributed by atoms with van der Waals surface area (Å²) >= 11 is 0. The van der Waals surface area contributed by atoms with Crippen molar-refractivity contribution in [3.05, 3.63) is 12.4 Å². The SMILES string of the molecule is CC(C)Oc1cncc(NC(=O)[C@]23CCC[C@H]2OCC3)n1. The second kappa shape index (κ2) is 5.60. The molecule has 1 amide bonds. The van der Waals surface area contributed by atoms with E-state index in [1.54, 1.807) is 12.4 Å². The molecule has 3 rings (SSSR count). The van der Waals surface area contributed by atoms with Crippen molar-refractivity contribution in [1.82, 2.24) is 9.97 Å². The molecule has 0 bridgehead atoms. The third kappa shape index (κ3) is 2.72. The molecule has 1 aromatic rings. The van der Waals surface area contributed by atoms with Crippen molar-refractivity contribution >= 4 is 11.7 Å². The summed E-state index contributed by atoms with van der Waals surface area (Å²) in [4.78, 5) is 21.0. The molecule has 1 aliphatic heterocycles. The molecule has 2 heterocycles. The molecule has 6 nitrogen and oxygen atoms in total. The lowest BCUT2D eigenvalue weighted by Gasteiger charge is -2.25. The largest absolute Gasteiger partial charge is 0.474 e. The Morgan fingerprint density at radius 2 is 2.33 bits per heavy atom. The average Bonchev–Trinajstić information content (AvgIpc) is 2.97. The molecule has 2 aliphatic rings. The van der Waals surface area contributed by atoms with Crippen LogP contribution in [0.15, 0.2) is 12.4 Å². The molecule has 1 N–H and O–H groups in total. The van der Waals surface area contributed by atoms with Gasteiger partial charge in [-0.3, -0.25) is 9.78 Å². The van der Waals surface area contributed by atoms with Crippen LogP contribution >= 0.6 is 0 Å². The quantitative estimate of drug-likeness (QED) is 0.920. The van der Waals surface area contributed by atoms with Gasteiger partial charge in [0.25, 0.3) is 0 Å². The van der Waals surface area contributed by atoms with Crippen LogP contribution < -0.4 is 10.1 Å². The normalized spacial score (nSPS) is 27.7. The average molecular weight is 291 g/mol. The standard InChI is InChI=1S/C15H21N3O3/c1-10(2)21-13-9-16-8-12(17-13)18-14(19)15-5-3-4-11(15)20-7-6-15/h8-11H,3-7H2,1-2H3,(H,17,18,19)/t11-,15+/m1/s1. The number of nitrogens with zero attached hydrogens (tertiary/aromatic N) is 2. The van der Waals surface area contributed by atoms with E-state index in [2.05, 4.69) is 15.3 Å². The smallest absolute Gasteiger partial charge is 0.234 e. The van der Waals surface area contributed by atoms with Crippen molar-refractivity contribution in [3.8, 4) is 5.88 Å². The fraction of sp³-hybridized carbons (Fsp3) is 0.667. The summed E-state index contributed by atoms with van der Waals surface area (Å²) in [6.45, 7) is 4.51. The molecule has 0 radical (unpaired) electrons. The van der Waals surface area contributed by atoms with E-state index in [0.29, 0.717) is 18.3 Å². The molecule has 1 saturated heterocycles. The molecule has 0 unspecified atom stereocenters. The van der Waals surface area contributed by atoms with Crippen LogP contribution in [0.3, 0.4) is 0 Å². The maximum atomic E-state index is 12.7. The predicted molar refractivity (Wildman–Crippen MR) is 77.1 cm³/mol. The highest BCUT2D eigenvalue weighted by Crippen LogP contribution is 2.48. The van der Waals surface area contributed by atoms with Crippen molar-refractivity contribution in [2.45, 2.75) is 51.7 Å². The lowest BCUT2D eigenvalue weighted by atomic mass is 9.82. The first-order chi connectivity index (χ1) is 10.1. The maximum Gasteiger partial charge on any atom is 0.234 e. The van der Waals surface area contributed by atoms with Crippen molar-refractivity contribution in [2.75, 3.05) is 11.9 Å². The first-order valence-corrected chi connectivity index (χ1v) is 7.52. The fourth-order valence-corrected chi connectivity index (χ4v) is 3.27.